The second kappa shape index (κ2) is 5.17. The molecular formula is C11H20O4S. The molecule has 0 aromatic heterocycles. The number of hydrogen-bond acceptors (Lipinski definition) is 3. The first kappa shape index (κ1) is 13.5. The zero-order valence-electron chi connectivity index (χ0n) is 9.85. The van der Waals surface area contributed by atoms with Crippen LogP contribution in [0.2, 0.25) is 0 Å². The quantitative estimate of drug-likeness (QED) is 0.824. The Bertz CT molecular complexity index is 339. The number of hydrogen-bond donors (Lipinski definition) is 1. The highest BCUT2D eigenvalue weighted by Gasteiger charge is 2.37. The van der Waals surface area contributed by atoms with Gasteiger partial charge in [0.15, 0.2) is 15.1 Å². The molecule has 16 heavy (non-hydrogen) atoms. The van der Waals surface area contributed by atoms with Crippen molar-refractivity contribution in [2.45, 2.75) is 56.5 Å². The van der Waals surface area contributed by atoms with Crippen LogP contribution in [0.3, 0.4) is 0 Å². The second-order valence-electron chi connectivity index (χ2n) is 4.62. The fraction of sp³-hybridized carbons (Fsp3) is 0.909. The normalized spacial score (nSPS) is 28.6. The molecule has 1 fully saturated rings. The molecule has 0 aromatic rings. The predicted molar refractivity (Wildman–Crippen MR) is 62.1 cm³/mol. The molecule has 0 heterocycles. The van der Waals surface area contributed by atoms with E-state index in [9.17, 15) is 13.2 Å². The molecule has 1 rings (SSSR count). The van der Waals surface area contributed by atoms with Crippen molar-refractivity contribution in [1.29, 1.82) is 0 Å². The van der Waals surface area contributed by atoms with Crippen LogP contribution in [0.1, 0.15) is 46.0 Å². The topological polar surface area (TPSA) is 71.4 Å². The molecule has 0 saturated heterocycles. The minimum atomic E-state index is -3.49. The van der Waals surface area contributed by atoms with Gasteiger partial charge in [-0.05, 0) is 38.5 Å². The van der Waals surface area contributed by atoms with Crippen LogP contribution in [0.5, 0.6) is 0 Å². The van der Waals surface area contributed by atoms with Gasteiger partial charge in [-0.25, -0.2) is 8.42 Å². The predicted octanol–water partition coefficient (Wildman–Crippen LogP) is 1.84. The Morgan fingerprint density at radius 3 is 2.19 bits per heavy atom. The third-order valence-electron chi connectivity index (χ3n) is 3.68. The van der Waals surface area contributed by atoms with Gasteiger partial charge in [0.25, 0.3) is 0 Å². The van der Waals surface area contributed by atoms with Crippen molar-refractivity contribution in [2.75, 3.05) is 0 Å². The van der Waals surface area contributed by atoms with Crippen molar-refractivity contribution in [3.63, 3.8) is 0 Å². The summed E-state index contributed by atoms with van der Waals surface area (Å²) in [6.07, 6.45) is 4.15. The molecule has 1 aliphatic rings. The molecule has 0 bridgehead atoms. The average molecular weight is 248 g/mol. The Morgan fingerprint density at radius 1 is 1.31 bits per heavy atom. The molecule has 4 nitrogen and oxygen atoms in total. The van der Waals surface area contributed by atoms with Gasteiger partial charge in [-0.3, -0.25) is 4.79 Å². The zero-order valence-corrected chi connectivity index (χ0v) is 10.7. The van der Waals surface area contributed by atoms with Crippen LogP contribution >= 0.6 is 0 Å². The number of sulfone groups is 1. The van der Waals surface area contributed by atoms with Crippen LogP contribution in [0, 0.1) is 5.92 Å². The van der Waals surface area contributed by atoms with Crippen LogP contribution in [0.15, 0.2) is 0 Å². The number of rotatable bonds is 4. The van der Waals surface area contributed by atoms with E-state index in [0.29, 0.717) is 18.8 Å². The Labute approximate surface area is 97.0 Å². The first-order valence-electron chi connectivity index (χ1n) is 5.85. The molecule has 1 N–H and O–H groups in total. The monoisotopic (exact) mass is 248 g/mol. The van der Waals surface area contributed by atoms with E-state index in [0.717, 1.165) is 19.3 Å². The van der Waals surface area contributed by atoms with Crippen molar-refractivity contribution in [3.8, 4) is 0 Å². The van der Waals surface area contributed by atoms with Crippen LogP contribution in [0.25, 0.3) is 0 Å². The maximum Gasteiger partial charge on any atom is 0.321 e. The SMILES string of the molecule is CCC1CCC(S(=O)(=O)C(C)C(=O)O)CC1. The van der Waals surface area contributed by atoms with Crippen molar-refractivity contribution in [3.05, 3.63) is 0 Å². The fourth-order valence-corrected chi connectivity index (χ4v) is 4.09. The van der Waals surface area contributed by atoms with Gasteiger partial charge in [-0.2, -0.15) is 0 Å². The molecule has 1 aliphatic carbocycles. The minimum absolute atomic E-state index is 0.443. The van der Waals surface area contributed by atoms with Crippen LogP contribution in [-0.2, 0) is 14.6 Å². The van der Waals surface area contributed by atoms with Gasteiger partial charge < -0.3 is 5.11 Å². The minimum Gasteiger partial charge on any atom is -0.480 e. The largest absolute Gasteiger partial charge is 0.480 e. The highest BCUT2D eigenvalue weighted by Crippen LogP contribution is 2.31. The van der Waals surface area contributed by atoms with E-state index >= 15 is 0 Å². The van der Waals surface area contributed by atoms with E-state index in [-0.39, 0.29) is 0 Å². The Morgan fingerprint density at radius 2 is 1.81 bits per heavy atom. The second-order valence-corrected chi connectivity index (χ2v) is 7.17. The maximum atomic E-state index is 11.9. The molecule has 1 atom stereocenters. The first-order chi connectivity index (χ1) is 7.39. The maximum absolute atomic E-state index is 11.9. The third-order valence-corrected chi connectivity index (χ3v) is 6.26. The van der Waals surface area contributed by atoms with Gasteiger partial charge >= 0.3 is 5.97 Å². The molecule has 1 unspecified atom stereocenters. The van der Waals surface area contributed by atoms with E-state index in [1.165, 1.54) is 6.92 Å². The molecule has 94 valence electrons. The Kier molecular flexibility index (Phi) is 4.35. The summed E-state index contributed by atoms with van der Waals surface area (Å²) < 4.78 is 23.9. The van der Waals surface area contributed by atoms with E-state index < -0.39 is 26.3 Å². The molecule has 0 aliphatic heterocycles. The summed E-state index contributed by atoms with van der Waals surface area (Å²) in [5.74, 6) is -0.621. The molecular weight excluding hydrogens is 228 g/mol. The standard InChI is InChI=1S/C11H20O4S/c1-3-9-4-6-10(7-5-9)16(14,15)8(2)11(12)13/h8-10H,3-7H2,1-2H3,(H,12,13). The summed E-state index contributed by atoms with van der Waals surface area (Å²) in [7, 11) is -3.49. The highest BCUT2D eigenvalue weighted by molar-refractivity contribution is 7.93. The summed E-state index contributed by atoms with van der Waals surface area (Å²) in [6, 6.07) is 0. The molecule has 5 heteroatoms. The van der Waals surface area contributed by atoms with Gasteiger partial charge in [-0.1, -0.05) is 13.3 Å². The molecule has 1 saturated carbocycles. The zero-order chi connectivity index (χ0) is 12.3. The average Bonchev–Trinajstić information content (AvgIpc) is 2.28. The lowest BCUT2D eigenvalue weighted by Gasteiger charge is -2.28. The van der Waals surface area contributed by atoms with Gasteiger partial charge in [0.05, 0.1) is 5.25 Å². The number of carboxylic acids is 1. The van der Waals surface area contributed by atoms with E-state index in [2.05, 4.69) is 6.92 Å². The van der Waals surface area contributed by atoms with Crippen molar-refractivity contribution in [1.82, 2.24) is 0 Å². The third kappa shape index (κ3) is 2.75. The summed E-state index contributed by atoms with van der Waals surface area (Å²) in [5, 5.41) is 7.06. The number of aliphatic carboxylic acids is 1. The Hall–Kier alpha value is -0.580. The molecule has 0 amide bonds. The molecule has 0 radical (unpaired) electrons. The van der Waals surface area contributed by atoms with E-state index in [1.807, 2.05) is 0 Å². The lowest BCUT2D eigenvalue weighted by Crippen LogP contribution is -2.37. The van der Waals surface area contributed by atoms with Crippen molar-refractivity contribution in [2.24, 2.45) is 5.92 Å². The van der Waals surface area contributed by atoms with Crippen LogP contribution in [0.4, 0.5) is 0 Å². The van der Waals surface area contributed by atoms with Gasteiger partial charge in [0.1, 0.15) is 0 Å². The summed E-state index contributed by atoms with van der Waals surface area (Å²) in [5.41, 5.74) is 0. The lowest BCUT2D eigenvalue weighted by atomic mass is 9.87. The summed E-state index contributed by atoms with van der Waals surface area (Å²) >= 11 is 0. The van der Waals surface area contributed by atoms with E-state index in [1.54, 1.807) is 0 Å². The van der Waals surface area contributed by atoms with Crippen molar-refractivity contribution < 1.29 is 18.3 Å². The van der Waals surface area contributed by atoms with Gasteiger partial charge in [0.2, 0.25) is 0 Å². The first-order valence-corrected chi connectivity index (χ1v) is 7.46. The number of carbonyl (C=O) groups is 1. The smallest absolute Gasteiger partial charge is 0.321 e. The summed E-state index contributed by atoms with van der Waals surface area (Å²) in [4.78, 5) is 10.7. The van der Waals surface area contributed by atoms with Gasteiger partial charge in [-0.15, -0.1) is 0 Å². The van der Waals surface area contributed by atoms with Crippen LogP contribution < -0.4 is 0 Å². The van der Waals surface area contributed by atoms with E-state index in [4.69, 9.17) is 5.11 Å². The Balaban J connectivity index is 2.69. The molecule has 0 aromatic carbocycles. The summed E-state index contributed by atoms with van der Waals surface area (Å²) in [6.45, 7) is 3.38. The molecule has 0 spiro atoms. The number of carboxylic acid groups (broad SMARTS) is 1. The van der Waals surface area contributed by atoms with Crippen molar-refractivity contribution >= 4 is 15.8 Å². The van der Waals surface area contributed by atoms with Crippen LogP contribution in [-0.4, -0.2) is 30.0 Å². The highest BCUT2D eigenvalue weighted by atomic mass is 32.2. The fourth-order valence-electron chi connectivity index (χ4n) is 2.30. The lowest BCUT2D eigenvalue weighted by molar-refractivity contribution is -0.136. The van der Waals surface area contributed by atoms with Gasteiger partial charge in [0, 0.05) is 0 Å².